The molecule has 1 aromatic carbocycles. The number of aliphatic hydroxyl groups excluding tert-OH is 1. The van der Waals surface area contributed by atoms with E-state index in [1.807, 2.05) is 13.0 Å². The van der Waals surface area contributed by atoms with Crippen LogP contribution in [0.25, 0.3) is 5.76 Å². The molecule has 1 aromatic heterocycles. The molecule has 3 heterocycles. The normalized spacial score (nSPS) is 21.9. The number of furan rings is 1. The van der Waals surface area contributed by atoms with Crippen molar-refractivity contribution < 1.29 is 23.8 Å². The molecule has 0 aliphatic carbocycles. The summed E-state index contributed by atoms with van der Waals surface area (Å²) in [6.07, 6.45) is 3.04. The van der Waals surface area contributed by atoms with Crippen LogP contribution < -0.4 is 4.74 Å². The number of Topliss-reactive ketones (excluding diaryl/α,β-unsaturated/α-hetero) is 1. The van der Waals surface area contributed by atoms with Gasteiger partial charge in [-0.3, -0.25) is 9.59 Å². The van der Waals surface area contributed by atoms with Gasteiger partial charge in [0.2, 0.25) is 0 Å². The van der Waals surface area contributed by atoms with Crippen LogP contribution in [0.15, 0.2) is 46.6 Å². The third-order valence-corrected chi connectivity index (χ3v) is 6.29. The van der Waals surface area contributed by atoms with Crippen molar-refractivity contribution in [3.63, 3.8) is 0 Å². The molecule has 0 spiro atoms. The molecule has 32 heavy (non-hydrogen) atoms. The van der Waals surface area contributed by atoms with Crippen LogP contribution >= 0.6 is 0 Å². The maximum absolute atomic E-state index is 13.0. The zero-order valence-corrected chi connectivity index (χ0v) is 18.8. The summed E-state index contributed by atoms with van der Waals surface area (Å²) in [5.41, 5.74) is 1.54. The Balaban J connectivity index is 1.68. The summed E-state index contributed by atoms with van der Waals surface area (Å²) < 4.78 is 11.3. The second-order valence-corrected chi connectivity index (χ2v) is 8.34. The second-order valence-electron chi connectivity index (χ2n) is 8.34. The number of carbonyl (C=O) groups is 2. The number of ketones is 1. The molecule has 4 rings (SSSR count). The molecule has 1 amide bonds. The molecule has 0 saturated carbocycles. The summed E-state index contributed by atoms with van der Waals surface area (Å²) >= 11 is 0. The maximum atomic E-state index is 13.0. The number of fused-ring (bicyclic) bond motifs is 1. The topological polar surface area (TPSA) is 83.2 Å². The highest BCUT2D eigenvalue weighted by Gasteiger charge is 2.47. The minimum Gasteiger partial charge on any atom is -0.507 e. The Morgan fingerprint density at radius 3 is 2.69 bits per heavy atom. The summed E-state index contributed by atoms with van der Waals surface area (Å²) in [6.45, 7) is 9.26. The van der Waals surface area contributed by atoms with E-state index in [9.17, 15) is 14.7 Å². The van der Waals surface area contributed by atoms with Crippen molar-refractivity contribution in [3.05, 3.63) is 59.1 Å². The van der Waals surface area contributed by atoms with Crippen LogP contribution in [0.2, 0.25) is 0 Å². The van der Waals surface area contributed by atoms with Crippen LogP contribution in [-0.2, 0) is 16.0 Å². The summed E-state index contributed by atoms with van der Waals surface area (Å²) in [5.74, 6) is -0.221. The Labute approximate surface area is 188 Å². The van der Waals surface area contributed by atoms with Crippen LogP contribution in [0.3, 0.4) is 0 Å². The SMILES string of the molecule is CCN(CC)CCCN1C(=O)C(=O)/C(=C(/O)c2ccc3c(c2)C[C@H](C)O3)[C@H]1c1ccco1. The number of aliphatic hydroxyl groups is 1. The first kappa shape index (κ1) is 22.1. The molecule has 1 saturated heterocycles. The van der Waals surface area contributed by atoms with Gasteiger partial charge in [0.15, 0.2) is 0 Å². The van der Waals surface area contributed by atoms with E-state index in [2.05, 4.69) is 18.7 Å². The van der Waals surface area contributed by atoms with Crippen LogP contribution in [0, 0.1) is 0 Å². The van der Waals surface area contributed by atoms with Crippen molar-refractivity contribution in [2.45, 2.75) is 45.8 Å². The third-order valence-electron chi connectivity index (χ3n) is 6.29. The van der Waals surface area contributed by atoms with E-state index in [1.165, 1.54) is 11.2 Å². The van der Waals surface area contributed by atoms with Crippen molar-refractivity contribution in [1.82, 2.24) is 9.80 Å². The average Bonchev–Trinajstić information content (AvgIpc) is 3.49. The van der Waals surface area contributed by atoms with E-state index in [1.54, 1.807) is 24.3 Å². The van der Waals surface area contributed by atoms with Gasteiger partial charge in [0.25, 0.3) is 11.7 Å². The van der Waals surface area contributed by atoms with Crippen molar-refractivity contribution >= 4 is 17.4 Å². The monoisotopic (exact) mass is 438 g/mol. The largest absolute Gasteiger partial charge is 0.507 e. The predicted octanol–water partition coefficient (Wildman–Crippen LogP) is 3.76. The van der Waals surface area contributed by atoms with E-state index in [0.29, 0.717) is 17.9 Å². The molecule has 7 heteroatoms. The summed E-state index contributed by atoms with van der Waals surface area (Å²) in [6, 6.07) is 8.07. The molecular formula is C25H30N2O5. The number of benzene rings is 1. The van der Waals surface area contributed by atoms with Gasteiger partial charge in [-0.05, 0) is 68.9 Å². The van der Waals surface area contributed by atoms with Gasteiger partial charge in [0.1, 0.15) is 29.4 Å². The van der Waals surface area contributed by atoms with Gasteiger partial charge in [0, 0.05) is 18.5 Å². The molecule has 1 N–H and O–H groups in total. The lowest BCUT2D eigenvalue weighted by molar-refractivity contribution is -0.140. The van der Waals surface area contributed by atoms with E-state index in [0.717, 1.165) is 43.8 Å². The minimum atomic E-state index is -0.745. The lowest BCUT2D eigenvalue weighted by atomic mass is 9.97. The summed E-state index contributed by atoms with van der Waals surface area (Å²) in [7, 11) is 0. The molecule has 2 aliphatic heterocycles. The van der Waals surface area contributed by atoms with Gasteiger partial charge in [-0.2, -0.15) is 0 Å². The van der Waals surface area contributed by atoms with Crippen LogP contribution in [-0.4, -0.2) is 58.9 Å². The number of hydrogen-bond acceptors (Lipinski definition) is 6. The highest BCUT2D eigenvalue weighted by atomic mass is 16.5. The Hall–Kier alpha value is -3.06. The highest BCUT2D eigenvalue weighted by Crippen LogP contribution is 2.40. The molecule has 7 nitrogen and oxygen atoms in total. The zero-order chi connectivity index (χ0) is 22.8. The fraction of sp³-hybridized carbons (Fsp3) is 0.440. The number of carbonyl (C=O) groups excluding carboxylic acids is 2. The standard InChI is InChI=1S/C25H30N2O5/c1-4-26(5-2)11-7-12-27-22(20-8-6-13-31-20)21(24(29)25(27)30)23(28)17-9-10-19-18(15-17)14-16(3)32-19/h6,8-10,13,15-16,22,28H,4-5,7,11-12,14H2,1-3H3/b23-21+/t16-,22+/m0/s1. The molecule has 2 atom stereocenters. The molecule has 0 radical (unpaired) electrons. The van der Waals surface area contributed by atoms with Gasteiger partial charge in [-0.1, -0.05) is 13.8 Å². The Morgan fingerprint density at radius 1 is 1.22 bits per heavy atom. The molecule has 2 aliphatic rings. The predicted molar refractivity (Wildman–Crippen MR) is 120 cm³/mol. The molecule has 1 fully saturated rings. The lowest BCUT2D eigenvalue weighted by Gasteiger charge is -2.25. The Bertz CT molecular complexity index is 1020. The Kier molecular flexibility index (Phi) is 6.37. The van der Waals surface area contributed by atoms with Gasteiger partial charge in [-0.15, -0.1) is 0 Å². The Morgan fingerprint density at radius 2 is 2.00 bits per heavy atom. The van der Waals surface area contributed by atoms with E-state index in [-0.39, 0.29) is 17.4 Å². The third kappa shape index (κ3) is 4.05. The van der Waals surface area contributed by atoms with Crippen LogP contribution in [0.5, 0.6) is 5.75 Å². The van der Waals surface area contributed by atoms with E-state index >= 15 is 0 Å². The van der Waals surface area contributed by atoms with Crippen molar-refractivity contribution in [1.29, 1.82) is 0 Å². The number of amides is 1. The minimum absolute atomic E-state index is 0.0692. The number of nitrogens with zero attached hydrogens (tertiary/aromatic N) is 2. The van der Waals surface area contributed by atoms with Gasteiger partial charge in [0.05, 0.1) is 11.8 Å². The first-order valence-electron chi connectivity index (χ1n) is 11.3. The summed E-state index contributed by atoms with van der Waals surface area (Å²) in [4.78, 5) is 29.8. The molecular weight excluding hydrogens is 408 g/mol. The molecule has 170 valence electrons. The maximum Gasteiger partial charge on any atom is 0.295 e. The van der Waals surface area contributed by atoms with Crippen LogP contribution in [0.1, 0.15) is 50.1 Å². The fourth-order valence-corrected chi connectivity index (χ4v) is 4.58. The van der Waals surface area contributed by atoms with Crippen molar-refractivity contribution in [2.24, 2.45) is 0 Å². The highest BCUT2D eigenvalue weighted by molar-refractivity contribution is 6.46. The number of likely N-dealkylation sites (tertiary alicyclic amines) is 1. The first-order chi connectivity index (χ1) is 15.4. The average molecular weight is 439 g/mol. The van der Waals surface area contributed by atoms with Crippen LogP contribution in [0.4, 0.5) is 0 Å². The van der Waals surface area contributed by atoms with E-state index in [4.69, 9.17) is 9.15 Å². The lowest BCUT2D eigenvalue weighted by Crippen LogP contribution is -2.33. The van der Waals surface area contributed by atoms with Crippen molar-refractivity contribution in [2.75, 3.05) is 26.2 Å². The van der Waals surface area contributed by atoms with Crippen molar-refractivity contribution in [3.8, 4) is 5.75 Å². The summed E-state index contributed by atoms with van der Waals surface area (Å²) in [5, 5.41) is 11.2. The number of hydrogen-bond donors (Lipinski definition) is 1. The number of rotatable bonds is 8. The van der Waals surface area contributed by atoms with E-state index < -0.39 is 17.7 Å². The number of ether oxygens (including phenoxy) is 1. The van der Waals surface area contributed by atoms with Gasteiger partial charge in [-0.25, -0.2) is 0 Å². The van der Waals surface area contributed by atoms with Gasteiger partial charge >= 0.3 is 0 Å². The first-order valence-corrected chi connectivity index (χ1v) is 11.3. The molecule has 2 aromatic rings. The van der Waals surface area contributed by atoms with Gasteiger partial charge < -0.3 is 24.1 Å². The zero-order valence-electron chi connectivity index (χ0n) is 18.8. The quantitative estimate of drug-likeness (QED) is 0.384. The second kappa shape index (κ2) is 9.20. The fourth-order valence-electron chi connectivity index (χ4n) is 4.58. The molecule has 0 bridgehead atoms. The molecule has 0 unspecified atom stereocenters. The smallest absolute Gasteiger partial charge is 0.295 e.